The number of nitrogens with one attached hydrogen (secondary N) is 1. The summed E-state index contributed by atoms with van der Waals surface area (Å²) >= 11 is 0. The smallest absolute Gasteiger partial charge is 0.140 e. The summed E-state index contributed by atoms with van der Waals surface area (Å²) in [6.07, 6.45) is 3.57. The Morgan fingerprint density at radius 1 is 1.60 bits per heavy atom. The van der Waals surface area contributed by atoms with Gasteiger partial charge < -0.3 is 5.32 Å². The zero-order chi connectivity index (χ0) is 10.7. The van der Waals surface area contributed by atoms with Crippen LogP contribution in [-0.2, 0) is 24.4 Å². The van der Waals surface area contributed by atoms with E-state index in [1.54, 1.807) is 11.0 Å². The van der Waals surface area contributed by atoms with Crippen molar-refractivity contribution in [2.24, 2.45) is 7.05 Å². The van der Waals surface area contributed by atoms with E-state index in [-0.39, 0.29) is 0 Å². The Morgan fingerprint density at radius 2 is 2.33 bits per heavy atom. The van der Waals surface area contributed by atoms with Gasteiger partial charge >= 0.3 is 0 Å². The minimum atomic E-state index is -0.579. The molecule has 5 nitrogen and oxygen atoms in total. The first-order chi connectivity index (χ1) is 7.25. The molecule has 84 valence electrons. The topological polar surface area (TPSA) is 59.8 Å². The highest BCUT2D eigenvalue weighted by atomic mass is 32.2. The number of aromatic nitrogens is 3. The predicted octanol–water partition coefficient (Wildman–Crippen LogP) is -0.184. The minimum absolute atomic E-state index is 0.486. The van der Waals surface area contributed by atoms with Crippen LogP contribution in [0.4, 0.5) is 0 Å². The van der Waals surface area contributed by atoms with Crippen molar-refractivity contribution in [3.05, 3.63) is 12.2 Å². The average Bonchev–Trinajstić information content (AvgIpc) is 2.63. The molecule has 1 N–H and O–H groups in total. The third-order valence-corrected chi connectivity index (χ3v) is 4.12. The molecular formula is C9H16N4OS. The highest BCUT2D eigenvalue weighted by molar-refractivity contribution is 7.85. The van der Waals surface area contributed by atoms with E-state index < -0.39 is 10.8 Å². The maximum Gasteiger partial charge on any atom is 0.140 e. The molecule has 1 saturated heterocycles. The van der Waals surface area contributed by atoms with Gasteiger partial charge in [-0.25, -0.2) is 4.98 Å². The zero-order valence-electron chi connectivity index (χ0n) is 8.85. The van der Waals surface area contributed by atoms with E-state index in [4.69, 9.17) is 0 Å². The highest BCUT2D eigenvalue weighted by Gasteiger charge is 2.17. The molecule has 1 fully saturated rings. The van der Waals surface area contributed by atoms with Gasteiger partial charge in [-0.05, 0) is 12.8 Å². The summed E-state index contributed by atoms with van der Waals surface area (Å²) in [5.41, 5.74) is 0. The molecule has 1 aromatic heterocycles. The lowest BCUT2D eigenvalue weighted by molar-refractivity contribution is 0.461. The molecule has 1 aliphatic rings. The van der Waals surface area contributed by atoms with E-state index in [0.29, 0.717) is 6.04 Å². The summed E-state index contributed by atoms with van der Waals surface area (Å²) in [7, 11) is 1.31. The van der Waals surface area contributed by atoms with E-state index >= 15 is 0 Å². The monoisotopic (exact) mass is 228 g/mol. The molecule has 0 bridgehead atoms. The van der Waals surface area contributed by atoms with Gasteiger partial charge in [0.1, 0.15) is 12.2 Å². The fourth-order valence-electron chi connectivity index (χ4n) is 1.71. The van der Waals surface area contributed by atoms with Gasteiger partial charge in [0.05, 0.1) is 6.54 Å². The number of hydrogen-bond acceptors (Lipinski definition) is 4. The molecule has 0 aromatic carbocycles. The lowest BCUT2D eigenvalue weighted by atomic mass is 10.1. The second kappa shape index (κ2) is 4.85. The number of hydrogen-bond donors (Lipinski definition) is 1. The fourth-order valence-corrected chi connectivity index (χ4v) is 3.01. The summed E-state index contributed by atoms with van der Waals surface area (Å²) in [6, 6.07) is 0.486. The minimum Gasteiger partial charge on any atom is -0.307 e. The molecule has 0 saturated carbocycles. The molecule has 1 aliphatic heterocycles. The number of rotatable bonds is 3. The summed E-state index contributed by atoms with van der Waals surface area (Å²) in [4.78, 5) is 4.14. The quantitative estimate of drug-likeness (QED) is 0.779. The van der Waals surface area contributed by atoms with Crippen molar-refractivity contribution < 1.29 is 4.21 Å². The number of aryl methyl sites for hydroxylation is 1. The Labute approximate surface area is 91.7 Å². The summed E-state index contributed by atoms with van der Waals surface area (Å²) in [5.74, 6) is 2.61. The maximum absolute atomic E-state index is 11.2. The van der Waals surface area contributed by atoms with Gasteiger partial charge in [0.2, 0.25) is 0 Å². The van der Waals surface area contributed by atoms with Crippen LogP contribution in [0.15, 0.2) is 6.33 Å². The van der Waals surface area contributed by atoms with Crippen LogP contribution in [-0.4, -0.2) is 36.5 Å². The van der Waals surface area contributed by atoms with Crippen molar-refractivity contribution in [1.29, 1.82) is 0 Å². The molecule has 1 aromatic rings. The van der Waals surface area contributed by atoms with Crippen molar-refractivity contribution in [2.75, 3.05) is 11.5 Å². The standard InChI is InChI=1S/C9H16N4OS/c1-13-9(11-7-12-13)6-10-8-2-4-15(14)5-3-8/h7-8,10H,2-6H2,1H3. The van der Waals surface area contributed by atoms with E-state index in [1.165, 1.54) is 0 Å². The fraction of sp³-hybridized carbons (Fsp3) is 0.778. The van der Waals surface area contributed by atoms with Gasteiger partial charge in [-0.1, -0.05) is 0 Å². The highest BCUT2D eigenvalue weighted by Crippen LogP contribution is 2.09. The van der Waals surface area contributed by atoms with Crippen molar-refractivity contribution in [3.63, 3.8) is 0 Å². The van der Waals surface area contributed by atoms with E-state index in [2.05, 4.69) is 15.4 Å². The zero-order valence-corrected chi connectivity index (χ0v) is 9.66. The first kappa shape index (κ1) is 10.8. The van der Waals surface area contributed by atoms with Crippen molar-refractivity contribution in [2.45, 2.75) is 25.4 Å². The summed E-state index contributed by atoms with van der Waals surface area (Å²) in [6.45, 7) is 0.744. The van der Waals surface area contributed by atoms with Crippen LogP contribution in [0.5, 0.6) is 0 Å². The first-order valence-corrected chi connectivity index (χ1v) is 6.66. The van der Waals surface area contributed by atoms with Crippen molar-refractivity contribution in [3.8, 4) is 0 Å². The third kappa shape index (κ3) is 2.85. The van der Waals surface area contributed by atoms with Crippen molar-refractivity contribution >= 4 is 10.8 Å². The molecule has 0 radical (unpaired) electrons. The van der Waals surface area contributed by atoms with Crippen LogP contribution in [0.3, 0.4) is 0 Å². The second-order valence-corrected chi connectivity index (χ2v) is 5.50. The van der Waals surface area contributed by atoms with Gasteiger partial charge in [-0.3, -0.25) is 8.89 Å². The Kier molecular flexibility index (Phi) is 3.48. The Bertz CT molecular complexity index is 342. The van der Waals surface area contributed by atoms with Crippen LogP contribution >= 0.6 is 0 Å². The van der Waals surface area contributed by atoms with Gasteiger partial charge in [0, 0.05) is 35.4 Å². The molecule has 0 spiro atoms. The summed E-state index contributed by atoms with van der Waals surface area (Å²) in [5, 5.41) is 7.44. The summed E-state index contributed by atoms with van der Waals surface area (Å²) < 4.78 is 12.9. The Morgan fingerprint density at radius 3 is 2.93 bits per heavy atom. The first-order valence-electron chi connectivity index (χ1n) is 5.17. The van der Waals surface area contributed by atoms with Gasteiger partial charge in [0.15, 0.2) is 0 Å². The largest absolute Gasteiger partial charge is 0.307 e. The molecule has 0 unspecified atom stereocenters. The van der Waals surface area contributed by atoms with E-state index in [0.717, 1.165) is 36.7 Å². The van der Waals surface area contributed by atoms with Crippen LogP contribution in [0.1, 0.15) is 18.7 Å². The molecule has 0 atom stereocenters. The second-order valence-electron chi connectivity index (χ2n) is 3.80. The molecule has 2 rings (SSSR count). The molecule has 2 heterocycles. The average molecular weight is 228 g/mol. The lowest BCUT2D eigenvalue weighted by Crippen LogP contribution is -2.35. The van der Waals surface area contributed by atoms with Gasteiger partial charge in [-0.15, -0.1) is 0 Å². The Hall–Kier alpha value is -0.750. The van der Waals surface area contributed by atoms with E-state index in [1.807, 2.05) is 7.05 Å². The lowest BCUT2D eigenvalue weighted by Gasteiger charge is -2.22. The van der Waals surface area contributed by atoms with Gasteiger partial charge in [0.25, 0.3) is 0 Å². The van der Waals surface area contributed by atoms with Gasteiger partial charge in [-0.2, -0.15) is 5.10 Å². The predicted molar refractivity (Wildman–Crippen MR) is 58.7 cm³/mol. The molecular weight excluding hydrogens is 212 g/mol. The SMILES string of the molecule is Cn1ncnc1CNC1CCS(=O)CC1. The van der Waals surface area contributed by atoms with Crippen LogP contribution in [0.2, 0.25) is 0 Å². The Balaban J connectivity index is 1.79. The van der Waals surface area contributed by atoms with Crippen LogP contribution < -0.4 is 5.32 Å². The van der Waals surface area contributed by atoms with Crippen LogP contribution in [0, 0.1) is 0 Å². The molecule has 6 heteroatoms. The number of nitrogens with zero attached hydrogens (tertiary/aromatic N) is 3. The van der Waals surface area contributed by atoms with Crippen molar-refractivity contribution in [1.82, 2.24) is 20.1 Å². The maximum atomic E-state index is 11.2. The molecule has 15 heavy (non-hydrogen) atoms. The third-order valence-electron chi connectivity index (χ3n) is 2.74. The molecule has 0 aliphatic carbocycles. The van der Waals surface area contributed by atoms with E-state index in [9.17, 15) is 4.21 Å². The normalized spacial score (nSPS) is 26.7. The van der Waals surface area contributed by atoms with Crippen LogP contribution in [0.25, 0.3) is 0 Å². The molecule has 0 amide bonds.